The smallest absolute Gasteiger partial charge is 0.233 e. The second-order valence-electron chi connectivity index (χ2n) is 12.7. The molecule has 260 valence electrons. The van der Waals surface area contributed by atoms with Crippen LogP contribution in [0.15, 0.2) is 97.1 Å². The Morgan fingerprint density at radius 3 is 1.34 bits per heavy atom. The van der Waals surface area contributed by atoms with Crippen LogP contribution in [0.4, 0.5) is 0 Å². The Bertz CT molecular complexity index is 1850. The summed E-state index contributed by atoms with van der Waals surface area (Å²) in [6.45, 7) is 14.4. The van der Waals surface area contributed by atoms with Crippen molar-refractivity contribution in [3.63, 3.8) is 0 Å². The minimum absolute atomic E-state index is 0.647. The van der Waals surface area contributed by atoms with E-state index in [1.54, 1.807) is 0 Å². The lowest BCUT2D eigenvalue weighted by molar-refractivity contribution is 0.0319. The highest BCUT2D eigenvalue weighted by molar-refractivity contribution is 5.85. The molecule has 50 heavy (non-hydrogen) atoms. The van der Waals surface area contributed by atoms with Crippen LogP contribution in [-0.4, -0.2) is 108 Å². The molecule has 0 N–H and O–H groups in total. The molecular weight excluding hydrogens is 628 g/mol. The molecule has 2 aliphatic rings. The zero-order chi connectivity index (χ0) is 34.1. The maximum absolute atomic E-state index is 5.86. The van der Waals surface area contributed by atoms with E-state index in [0.717, 1.165) is 88.5 Å². The van der Waals surface area contributed by atoms with E-state index < -0.39 is 0 Å². The number of ether oxygens (including phenoxy) is 4. The number of hydrogen-bond donors (Lipinski definition) is 0. The third-order valence-corrected chi connectivity index (χ3v) is 9.21. The molecule has 2 aliphatic heterocycles. The molecule has 0 unspecified atom stereocenters. The van der Waals surface area contributed by atoms with Crippen LogP contribution in [-0.2, 0) is 9.47 Å². The van der Waals surface area contributed by atoms with E-state index in [9.17, 15) is 0 Å². The minimum atomic E-state index is 0.647. The number of morpholine rings is 2. The molecule has 0 aliphatic carbocycles. The second kappa shape index (κ2) is 16.3. The molecular formula is C40H46N6O4. The summed E-state index contributed by atoms with van der Waals surface area (Å²) >= 11 is 0. The molecule has 6 aromatic rings. The first-order valence-electron chi connectivity index (χ1n) is 17.6. The van der Waals surface area contributed by atoms with Gasteiger partial charge in [-0.3, -0.25) is 9.80 Å². The number of nitrogens with zero attached hydrogens (tertiary/aromatic N) is 6. The monoisotopic (exact) mass is 674 g/mol. The van der Waals surface area contributed by atoms with Gasteiger partial charge in [0.15, 0.2) is 0 Å². The van der Waals surface area contributed by atoms with E-state index in [4.69, 9.17) is 18.9 Å². The van der Waals surface area contributed by atoms with Crippen LogP contribution in [0, 0.1) is 13.8 Å². The van der Waals surface area contributed by atoms with Crippen LogP contribution in [0.5, 0.6) is 11.8 Å². The fraction of sp³-hybridized carbons (Fsp3) is 0.350. The van der Waals surface area contributed by atoms with Crippen LogP contribution in [0.25, 0.3) is 32.9 Å². The van der Waals surface area contributed by atoms with Crippen molar-refractivity contribution in [2.45, 2.75) is 13.8 Å². The zero-order valence-corrected chi connectivity index (χ0v) is 29.0. The maximum Gasteiger partial charge on any atom is 0.233 e. The summed E-state index contributed by atoms with van der Waals surface area (Å²) in [7, 11) is 0. The molecule has 4 heterocycles. The van der Waals surface area contributed by atoms with Crippen molar-refractivity contribution in [3.05, 3.63) is 108 Å². The number of aryl methyl sites for hydroxylation is 2. The summed E-state index contributed by atoms with van der Waals surface area (Å²) in [6.07, 6.45) is 0. The van der Waals surface area contributed by atoms with Crippen molar-refractivity contribution in [1.82, 2.24) is 29.4 Å². The van der Waals surface area contributed by atoms with Crippen LogP contribution in [0.1, 0.15) is 11.4 Å². The van der Waals surface area contributed by atoms with Crippen LogP contribution in [0.3, 0.4) is 0 Å². The predicted octanol–water partition coefficient (Wildman–Crippen LogP) is 6.09. The molecule has 10 heteroatoms. The van der Waals surface area contributed by atoms with Crippen LogP contribution < -0.4 is 9.47 Å². The fourth-order valence-electron chi connectivity index (χ4n) is 6.38. The highest BCUT2D eigenvalue weighted by Crippen LogP contribution is 2.23. The van der Waals surface area contributed by atoms with Crippen molar-refractivity contribution in [2.24, 2.45) is 0 Å². The van der Waals surface area contributed by atoms with Gasteiger partial charge in [-0.2, -0.15) is 0 Å². The van der Waals surface area contributed by atoms with Gasteiger partial charge in [-0.1, -0.05) is 60.7 Å². The number of hydrogen-bond acceptors (Lipinski definition) is 8. The average molecular weight is 675 g/mol. The predicted molar refractivity (Wildman–Crippen MR) is 197 cm³/mol. The standard InChI is InChI=1S/2C20H23N3O2/c2*1-16-14-20(25-13-10-22-8-11-24-12-9-22)21-23(16)19-7-6-17-4-2-3-5-18(17)15-19/h2*2-7,14-15H,8-13H2,1H3. The highest BCUT2D eigenvalue weighted by atomic mass is 16.5. The Hall–Kier alpha value is -4.74. The number of rotatable bonds is 10. The van der Waals surface area contributed by atoms with Crippen LogP contribution in [0.2, 0.25) is 0 Å². The lowest BCUT2D eigenvalue weighted by atomic mass is 10.1. The van der Waals surface area contributed by atoms with Gasteiger partial charge >= 0.3 is 0 Å². The minimum Gasteiger partial charge on any atom is -0.475 e. The van der Waals surface area contributed by atoms with E-state index in [1.165, 1.54) is 21.5 Å². The average Bonchev–Trinajstić information content (AvgIpc) is 3.73. The third-order valence-electron chi connectivity index (χ3n) is 9.21. The Kier molecular flexibility index (Phi) is 11.0. The highest BCUT2D eigenvalue weighted by Gasteiger charge is 2.13. The molecule has 10 nitrogen and oxygen atoms in total. The van der Waals surface area contributed by atoms with Crippen molar-refractivity contribution >= 4 is 21.5 Å². The van der Waals surface area contributed by atoms with Gasteiger partial charge in [-0.25, -0.2) is 9.36 Å². The first-order valence-corrected chi connectivity index (χ1v) is 17.6. The molecule has 0 bridgehead atoms. The summed E-state index contributed by atoms with van der Waals surface area (Å²) in [5.74, 6) is 1.36. The third kappa shape index (κ3) is 8.51. The molecule has 0 spiro atoms. The van der Waals surface area contributed by atoms with E-state index in [2.05, 4.69) is 119 Å². The summed E-state index contributed by atoms with van der Waals surface area (Å²) in [5, 5.41) is 14.1. The van der Waals surface area contributed by atoms with Crippen molar-refractivity contribution in [1.29, 1.82) is 0 Å². The number of fused-ring (bicyclic) bond motifs is 2. The summed E-state index contributed by atoms with van der Waals surface area (Å²) in [6, 6.07) is 33.5. The molecule has 2 saturated heterocycles. The van der Waals surface area contributed by atoms with Gasteiger partial charge in [-0.05, 0) is 59.7 Å². The van der Waals surface area contributed by atoms with Gasteiger partial charge in [0.25, 0.3) is 0 Å². The summed E-state index contributed by atoms with van der Waals surface area (Å²) < 4.78 is 26.3. The summed E-state index contributed by atoms with van der Waals surface area (Å²) in [5.41, 5.74) is 4.24. The van der Waals surface area contributed by atoms with Gasteiger partial charge in [0, 0.05) is 62.8 Å². The van der Waals surface area contributed by atoms with Gasteiger partial charge in [0.05, 0.1) is 37.8 Å². The SMILES string of the molecule is Cc1cc(OCCN2CCOCC2)nn1-c1ccc2ccccc2c1.Cc1cc(OCCN2CCOCC2)nn1-c1ccc2ccccc2c1. The lowest BCUT2D eigenvalue weighted by Gasteiger charge is -2.26. The molecule has 4 aromatic carbocycles. The Morgan fingerprint density at radius 1 is 0.520 bits per heavy atom. The number of aromatic nitrogens is 4. The zero-order valence-electron chi connectivity index (χ0n) is 29.0. The maximum atomic E-state index is 5.86. The quantitative estimate of drug-likeness (QED) is 0.173. The molecule has 0 radical (unpaired) electrons. The van der Waals surface area contributed by atoms with Crippen molar-refractivity contribution < 1.29 is 18.9 Å². The topological polar surface area (TPSA) is 79.0 Å². The fourth-order valence-corrected chi connectivity index (χ4v) is 6.38. The number of benzene rings is 4. The molecule has 2 fully saturated rings. The van der Waals surface area contributed by atoms with Gasteiger partial charge in [0.2, 0.25) is 11.8 Å². The van der Waals surface area contributed by atoms with E-state index in [-0.39, 0.29) is 0 Å². The molecule has 0 atom stereocenters. The molecule has 0 saturated carbocycles. The summed E-state index contributed by atoms with van der Waals surface area (Å²) in [4.78, 5) is 4.72. The van der Waals surface area contributed by atoms with Gasteiger partial charge in [-0.15, -0.1) is 10.2 Å². The second-order valence-corrected chi connectivity index (χ2v) is 12.7. The first-order chi connectivity index (χ1) is 24.6. The Morgan fingerprint density at radius 2 is 0.920 bits per heavy atom. The molecule has 0 amide bonds. The van der Waals surface area contributed by atoms with E-state index >= 15 is 0 Å². The van der Waals surface area contributed by atoms with Crippen molar-refractivity contribution in [2.75, 3.05) is 78.9 Å². The first kappa shape index (κ1) is 33.7. The molecule has 2 aromatic heterocycles. The largest absolute Gasteiger partial charge is 0.475 e. The Labute approximate surface area is 293 Å². The van der Waals surface area contributed by atoms with E-state index in [1.807, 2.05) is 21.5 Å². The van der Waals surface area contributed by atoms with Crippen molar-refractivity contribution in [3.8, 4) is 23.1 Å². The lowest BCUT2D eigenvalue weighted by Crippen LogP contribution is -2.38. The normalized spacial score (nSPS) is 15.6. The van der Waals surface area contributed by atoms with E-state index in [0.29, 0.717) is 25.0 Å². The van der Waals surface area contributed by atoms with Crippen LogP contribution >= 0.6 is 0 Å². The molecule has 8 rings (SSSR count). The van der Waals surface area contributed by atoms with Gasteiger partial charge in [0.1, 0.15) is 13.2 Å². The van der Waals surface area contributed by atoms with Gasteiger partial charge < -0.3 is 18.9 Å². The Balaban J connectivity index is 0.000000157.